The Hall–Kier alpha value is -1.71. The van der Waals surface area contributed by atoms with Gasteiger partial charge >= 0.3 is 0 Å². The number of fused-ring (bicyclic) bond motifs is 1. The summed E-state index contributed by atoms with van der Waals surface area (Å²) >= 11 is 0. The molecule has 1 aromatic carbocycles. The van der Waals surface area contributed by atoms with E-state index in [1.165, 1.54) is 25.7 Å². The van der Waals surface area contributed by atoms with E-state index in [1.54, 1.807) is 0 Å². The van der Waals surface area contributed by atoms with Gasteiger partial charge in [0.2, 0.25) is 5.95 Å². The number of H-pyrrole nitrogens is 1. The minimum Gasteiger partial charge on any atom is -0.399 e. The number of aromatic nitrogens is 2. The van der Waals surface area contributed by atoms with Crippen LogP contribution in [0.4, 0.5) is 11.6 Å². The summed E-state index contributed by atoms with van der Waals surface area (Å²) in [6, 6.07) is 6.29. The van der Waals surface area contributed by atoms with Crippen LogP contribution in [0.5, 0.6) is 0 Å². The fraction of sp³-hybridized carbons (Fsp3) is 0.533. The van der Waals surface area contributed by atoms with E-state index in [9.17, 15) is 0 Å². The second kappa shape index (κ2) is 4.44. The van der Waals surface area contributed by atoms with Gasteiger partial charge in [-0.25, -0.2) is 4.98 Å². The maximum Gasteiger partial charge on any atom is 0.201 e. The third-order valence-corrected chi connectivity index (χ3v) is 4.05. The van der Waals surface area contributed by atoms with Gasteiger partial charge in [0.15, 0.2) is 0 Å². The first kappa shape index (κ1) is 12.3. The lowest BCUT2D eigenvalue weighted by Crippen LogP contribution is -2.32. The quantitative estimate of drug-likeness (QED) is 0.722. The molecule has 0 radical (unpaired) electrons. The van der Waals surface area contributed by atoms with Crippen LogP contribution in [0.15, 0.2) is 18.2 Å². The standard InChI is InChI=1S/C15H22N4/c1-15(2)7-3-4-11(9-15)17-14-18-12-6-5-10(16)8-13(12)19-14/h5-6,8,11H,3-4,7,9,16H2,1-2H3,(H2,17,18,19). The molecule has 1 aliphatic rings. The molecule has 0 amide bonds. The number of benzene rings is 1. The summed E-state index contributed by atoms with van der Waals surface area (Å²) < 4.78 is 0. The Morgan fingerprint density at radius 2 is 2.26 bits per heavy atom. The number of nitrogen functional groups attached to an aromatic ring is 1. The molecular formula is C15H22N4. The van der Waals surface area contributed by atoms with Gasteiger partial charge in [-0.15, -0.1) is 0 Å². The predicted molar refractivity (Wildman–Crippen MR) is 80.2 cm³/mol. The molecule has 102 valence electrons. The summed E-state index contributed by atoms with van der Waals surface area (Å²) in [5, 5.41) is 3.54. The zero-order valence-electron chi connectivity index (χ0n) is 11.7. The predicted octanol–water partition coefficient (Wildman–Crippen LogP) is 3.53. The number of nitrogens with two attached hydrogens (primary N) is 1. The highest BCUT2D eigenvalue weighted by molar-refractivity contribution is 5.80. The van der Waals surface area contributed by atoms with E-state index in [4.69, 9.17) is 5.73 Å². The van der Waals surface area contributed by atoms with Gasteiger partial charge in [0.1, 0.15) is 0 Å². The number of aromatic amines is 1. The first-order valence-corrected chi connectivity index (χ1v) is 7.04. The number of nitrogens with zero attached hydrogens (tertiary/aromatic N) is 1. The molecule has 0 saturated heterocycles. The minimum absolute atomic E-state index is 0.437. The number of hydrogen-bond donors (Lipinski definition) is 3. The number of anilines is 2. The maximum absolute atomic E-state index is 5.78. The second-order valence-electron chi connectivity index (χ2n) is 6.46. The molecule has 2 aromatic rings. The Labute approximate surface area is 113 Å². The molecule has 1 saturated carbocycles. The van der Waals surface area contributed by atoms with E-state index in [0.29, 0.717) is 11.5 Å². The van der Waals surface area contributed by atoms with Crippen LogP contribution in [-0.2, 0) is 0 Å². The molecular weight excluding hydrogens is 236 g/mol. The van der Waals surface area contributed by atoms with Crippen molar-refractivity contribution in [3.63, 3.8) is 0 Å². The molecule has 1 heterocycles. The average Bonchev–Trinajstić information content (AvgIpc) is 2.68. The molecule has 1 aliphatic carbocycles. The largest absolute Gasteiger partial charge is 0.399 e. The van der Waals surface area contributed by atoms with Gasteiger partial charge in [-0.2, -0.15) is 0 Å². The minimum atomic E-state index is 0.437. The average molecular weight is 258 g/mol. The van der Waals surface area contributed by atoms with Crippen molar-refractivity contribution in [2.45, 2.75) is 45.6 Å². The molecule has 4 nitrogen and oxygen atoms in total. The van der Waals surface area contributed by atoms with Crippen molar-refractivity contribution in [1.29, 1.82) is 0 Å². The van der Waals surface area contributed by atoms with Gasteiger partial charge in [0.05, 0.1) is 11.0 Å². The van der Waals surface area contributed by atoms with Gasteiger partial charge in [-0.05, 0) is 42.9 Å². The van der Waals surface area contributed by atoms with Gasteiger partial charge in [-0.1, -0.05) is 20.3 Å². The summed E-state index contributed by atoms with van der Waals surface area (Å²) in [6.07, 6.45) is 5.04. The third kappa shape index (κ3) is 2.67. The third-order valence-electron chi connectivity index (χ3n) is 4.05. The van der Waals surface area contributed by atoms with Crippen LogP contribution < -0.4 is 11.1 Å². The molecule has 1 aromatic heterocycles. The monoisotopic (exact) mass is 258 g/mol. The van der Waals surface area contributed by atoms with Crippen molar-refractivity contribution in [3.8, 4) is 0 Å². The first-order valence-electron chi connectivity index (χ1n) is 7.04. The highest BCUT2D eigenvalue weighted by atomic mass is 15.1. The normalized spacial score (nSPS) is 22.5. The molecule has 19 heavy (non-hydrogen) atoms. The maximum atomic E-state index is 5.78. The zero-order valence-corrected chi connectivity index (χ0v) is 11.7. The van der Waals surface area contributed by atoms with Gasteiger partial charge in [-0.3, -0.25) is 0 Å². The van der Waals surface area contributed by atoms with E-state index in [0.717, 1.165) is 22.7 Å². The van der Waals surface area contributed by atoms with E-state index in [2.05, 4.69) is 29.1 Å². The molecule has 0 bridgehead atoms. The topological polar surface area (TPSA) is 66.7 Å². The molecule has 0 spiro atoms. The summed E-state index contributed by atoms with van der Waals surface area (Å²) in [5.74, 6) is 0.864. The lowest BCUT2D eigenvalue weighted by Gasteiger charge is -2.35. The van der Waals surface area contributed by atoms with E-state index >= 15 is 0 Å². The van der Waals surface area contributed by atoms with Crippen molar-refractivity contribution >= 4 is 22.7 Å². The molecule has 1 unspecified atom stereocenters. The molecule has 4 heteroatoms. The number of hydrogen-bond acceptors (Lipinski definition) is 3. The smallest absolute Gasteiger partial charge is 0.201 e. The van der Waals surface area contributed by atoms with E-state index < -0.39 is 0 Å². The Kier molecular flexibility index (Phi) is 2.88. The van der Waals surface area contributed by atoms with Crippen molar-refractivity contribution in [1.82, 2.24) is 9.97 Å². The van der Waals surface area contributed by atoms with Crippen molar-refractivity contribution in [2.24, 2.45) is 5.41 Å². The summed E-state index contributed by atoms with van der Waals surface area (Å²) in [5.41, 5.74) is 8.95. The number of imidazole rings is 1. The fourth-order valence-corrected chi connectivity index (χ4v) is 3.11. The second-order valence-corrected chi connectivity index (χ2v) is 6.46. The van der Waals surface area contributed by atoms with E-state index in [1.807, 2.05) is 18.2 Å². The SMILES string of the molecule is CC1(C)CCCC(Nc2nc3ccc(N)cc3[nH]2)C1. The lowest BCUT2D eigenvalue weighted by molar-refractivity contribution is 0.229. The fourth-order valence-electron chi connectivity index (χ4n) is 3.11. The Balaban J connectivity index is 1.77. The van der Waals surface area contributed by atoms with Gasteiger partial charge < -0.3 is 16.0 Å². The summed E-state index contributed by atoms with van der Waals surface area (Å²) in [4.78, 5) is 7.88. The highest BCUT2D eigenvalue weighted by Gasteiger charge is 2.28. The highest BCUT2D eigenvalue weighted by Crippen LogP contribution is 2.36. The van der Waals surface area contributed by atoms with E-state index in [-0.39, 0.29) is 0 Å². The van der Waals surface area contributed by atoms with Crippen LogP contribution in [0.3, 0.4) is 0 Å². The van der Waals surface area contributed by atoms with Crippen LogP contribution in [0, 0.1) is 5.41 Å². The van der Waals surface area contributed by atoms with Crippen molar-refractivity contribution < 1.29 is 0 Å². The van der Waals surface area contributed by atoms with Crippen molar-refractivity contribution in [2.75, 3.05) is 11.1 Å². The van der Waals surface area contributed by atoms with Crippen LogP contribution >= 0.6 is 0 Å². The Morgan fingerprint density at radius 3 is 3.05 bits per heavy atom. The van der Waals surface area contributed by atoms with Crippen LogP contribution in [0.1, 0.15) is 39.5 Å². The Bertz CT molecular complexity index is 585. The van der Waals surface area contributed by atoms with Crippen LogP contribution in [0.2, 0.25) is 0 Å². The first-order chi connectivity index (χ1) is 9.02. The van der Waals surface area contributed by atoms with Crippen molar-refractivity contribution in [3.05, 3.63) is 18.2 Å². The summed E-state index contributed by atoms with van der Waals surface area (Å²) in [7, 11) is 0. The molecule has 3 rings (SSSR count). The zero-order chi connectivity index (χ0) is 13.5. The van der Waals surface area contributed by atoms with Crippen LogP contribution in [-0.4, -0.2) is 16.0 Å². The molecule has 1 atom stereocenters. The number of rotatable bonds is 2. The molecule has 0 aliphatic heterocycles. The molecule has 4 N–H and O–H groups in total. The van der Waals surface area contributed by atoms with Gasteiger partial charge in [0.25, 0.3) is 0 Å². The Morgan fingerprint density at radius 1 is 1.42 bits per heavy atom. The lowest BCUT2D eigenvalue weighted by atomic mass is 9.75. The van der Waals surface area contributed by atoms with Gasteiger partial charge in [0, 0.05) is 11.7 Å². The number of nitrogens with one attached hydrogen (secondary N) is 2. The van der Waals surface area contributed by atoms with Crippen LogP contribution in [0.25, 0.3) is 11.0 Å². The summed E-state index contributed by atoms with van der Waals surface area (Å²) in [6.45, 7) is 4.69. The molecule has 1 fully saturated rings.